The van der Waals surface area contributed by atoms with Crippen LogP contribution in [0.4, 0.5) is 0 Å². The van der Waals surface area contributed by atoms with Gasteiger partial charge in [0.1, 0.15) is 0 Å². The molecule has 0 saturated carbocycles. The largest absolute Gasteiger partial charge is 0.389 e. The van der Waals surface area contributed by atoms with E-state index in [0.29, 0.717) is 26.4 Å². The van der Waals surface area contributed by atoms with Gasteiger partial charge in [-0.05, 0) is 11.7 Å². The quantitative estimate of drug-likeness (QED) is 0.500. The van der Waals surface area contributed by atoms with Crippen molar-refractivity contribution >= 4 is 13.7 Å². The molecular formula is C13H22O4Si. The summed E-state index contributed by atoms with van der Waals surface area (Å²) in [6.07, 6.45) is 0. The average Bonchev–Trinajstić information content (AvgIpc) is 2.40. The van der Waals surface area contributed by atoms with Crippen LogP contribution in [0.2, 0.25) is 6.55 Å². The number of benzene rings is 1. The maximum Gasteiger partial charge on any atom is 0.369 e. The molecule has 0 radical (unpaired) electrons. The first-order chi connectivity index (χ1) is 8.73. The molecule has 0 aliphatic carbocycles. The molecule has 1 aromatic rings. The second-order valence-corrected chi connectivity index (χ2v) is 7.04. The van der Waals surface area contributed by atoms with Crippen molar-refractivity contribution in [3.8, 4) is 0 Å². The SMILES string of the molecule is COCCO[Si](C)(OCCOC)c1ccccc1. The first kappa shape index (κ1) is 15.3. The standard InChI is InChI=1S/C13H22O4Si/c1-14-9-11-16-18(3,17-12-10-15-2)13-7-5-4-6-8-13/h4-8H,9-12H2,1-3H3. The van der Waals surface area contributed by atoms with Crippen LogP contribution in [-0.4, -0.2) is 49.2 Å². The number of methoxy groups -OCH3 is 2. The fourth-order valence-electron chi connectivity index (χ4n) is 1.59. The Morgan fingerprint density at radius 3 is 1.78 bits per heavy atom. The molecule has 0 unspecified atom stereocenters. The summed E-state index contributed by atoms with van der Waals surface area (Å²) >= 11 is 0. The molecule has 0 N–H and O–H groups in total. The first-order valence-electron chi connectivity index (χ1n) is 6.04. The van der Waals surface area contributed by atoms with E-state index in [1.165, 1.54) is 0 Å². The molecule has 0 heterocycles. The van der Waals surface area contributed by atoms with E-state index in [4.69, 9.17) is 18.3 Å². The number of rotatable bonds is 9. The van der Waals surface area contributed by atoms with Crippen LogP contribution in [0.1, 0.15) is 0 Å². The van der Waals surface area contributed by atoms with Crippen LogP contribution >= 0.6 is 0 Å². The lowest BCUT2D eigenvalue weighted by atomic mass is 10.4. The van der Waals surface area contributed by atoms with Gasteiger partial charge in [-0.1, -0.05) is 30.3 Å². The highest BCUT2D eigenvalue weighted by atomic mass is 28.4. The van der Waals surface area contributed by atoms with Gasteiger partial charge in [0.2, 0.25) is 0 Å². The molecule has 4 nitrogen and oxygen atoms in total. The lowest BCUT2D eigenvalue weighted by Gasteiger charge is -2.27. The van der Waals surface area contributed by atoms with E-state index >= 15 is 0 Å². The van der Waals surface area contributed by atoms with Crippen molar-refractivity contribution in [2.75, 3.05) is 40.6 Å². The van der Waals surface area contributed by atoms with Crippen LogP contribution in [0.5, 0.6) is 0 Å². The Hall–Kier alpha value is -0.723. The fraction of sp³-hybridized carbons (Fsp3) is 0.538. The van der Waals surface area contributed by atoms with E-state index in [1.807, 2.05) is 36.9 Å². The molecule has 1 aromatic carbocycles. The molecule has 1 rings (SSSR count). The van der Waals surface area contributed by atoms with Crippen molar-refractivity contribution in [1.29, 1.82) is 0 Å². The molecule has 0 spiro atoms. The van der Waals surface area contributed by atoms with Crippen LogP contribution in [0.3, 0.4) is 0 Å². The second kappa shape index (κ2) is 8.39. The highest BCUT2D eigenvalue weighted by Gasteiger charge is 2.34. The first-order valence-corrected chi connectivity index (χ1v) is 8.36. The summed E-state index contributed by atoms with van der Waals surface area (Å²) in [4.78, 5) is 0. The van der Waals surface area contributed by atoms with Crippen molar-refractivity contribution in [3.05, 3.63) is 30.3 Å². The molecule has 0 saturated heterocycles. The van der Waals surface area contributed by atoms with Crippen LogP contribution in [0.15, 0.2) is 30.3 Å². The monoisotopic (exact) mass is 270 g/mol. The third kappa shape index (κ3) is 4.87. The zero-order chi connectivity index (χ0) is 13.3. The van der Waals surface area contributed by atoms with E-state index in [-0.39, 0.29) is 0 Å². The smallest absolute Gasteiger partial charge is 0.369 e. The normalized spacial score (nSPS) is 11.7. The highest BCUT2D eigenvalue weighted by molar-refractivity contribution is 6.79. The summed E-state index contributed by atoms with van der Waals surface area (Å²) in [7, 11) is 0.966. The maximum absolute atomic E-state index is 5.94. The van der Waals surface area contributed by atoms with Crippen LogP contribution < -0.4 is 5.19 Å². The molecule has 102 valence electrons. The number of hydrogen-bond donors (Lipinski definition) is 0. The predicted molar refractivity (Wildman–Crippen MR) is 73.4 cm³/mol. The third-order valence-corrected chi connectivity index (χ3v) is 5.52. The Kier molecular flexibility index (Phi) is 7.15. The molecule has 0 amide bonds. The lowest BCUT2D eigenvalue weighted by molar-refractivity contribution is 0.0942. The predicted octanol–water partition coefficient (Wildman–Crippen LogP) is 1.29. The van der Waals surface area contributed by atoms with E-state index in [0.717, 1.165) is 5.19 Å². The summed E-state index contributed by atoms with van der Waals surface area (Å²) in [5, 5.41) is 1.12. The number of hydrogen-bond acceptors (Lipinski definition) is 4. The van der Waals surface area contributed by atoms with Crippen LogP contribution in [-0.2, 0) is 18.3 Å². The second-order valence-electron chi connectivity index (χ2n) is 3.99. The van der Waals surface area contributed by atoms with Crippen LogP contribution in [0, 0.1) is 0 Å². The Bertz CT molecular complexity index is 308. The van der Waals surface area contributed by atoms with Gasteiger partial charge in [-0.15, -0.1) is 0 Å². The lowest BCUT2D eigenvalue weighted by Crippen LogP contribution is -2.52. The Labute approximate surface area is 110 Å². The molecule has 0 aliphatic rings. The van der Waals surface area contributed by atoms with Crippen molar-refractivity contribution in [2.24, 2.45) is 0 Å². The van der Waals surface area contributed by atoms with Gasteiger partial charge in [0.15, 0.2) is 0 Å². The summed E-state index contributed by atoms with van der Waals surface area (Å²) in [6, 6.07) is 10.1. The molecular weight excluding hydrogens is 248 g/mol. The summed E-state index contributed by atoms with van der Waals surface area (Å²) in [5.74, 6) is 0. The minimum atomic E-state index is -2.36. The summed E-state index contributed by atoms with van der Waals surface area (Å²) < 4.78 is 21.9. The third-order valence-electron chi connectivity index (χ3n) is 2.63. The van der Waals surface area contributed by atoms with Crippen molar-refractivity contribution in [1.82, 2.24) is 0 Å². The van der Waals surface area contributed by atoms with Gasteiger partial charge in [0.05, 0.1) is 26.4 Å². The molecule has 0 bridgehead atoms. The van der Waals surface area contributed by atoms with Crippen molar-refractivity contribution in [3.63, 3.8) is 0 Å². The minimum Gasteiger partial charge on any atom is -0.389 e. The molecule has 0 fully saturated rings. The van der Waals surface area contributed by atoms with E-state index in [1.54, 1.807) is 14.2 Å². The molecule has 0 aromatic heterocycles. The van der Waals surface area contributed by atoms with Gasteiger partial charge in [-0.3, -0.25) is 0 Å². The Morgan fingerprint density at radius 1 is 0.833 bits per heavy atom. The Balaban J connectivity index is 2.67. The van der Waals surface area contributed by atoms with E-state index in [9.17, 15) is 0 Å². The van der Waals surface area contributed by atoms with E-state index in [2.05, 4.69) is 0 Å². The fourth-order valence-corrected chi connectivity index (χ4v) is 3.75. The van der Waals surface area contributed by atoms with E-state index < -0.39 is 8.56 Å². The van der Waals surface area contributed by atoms with Crippen molar-refractivity contribution < 1.29 is 18.3 Å². The topological polar surface area (TPSA) is 36.9 Å². The average molecular weight is 270 g/mol. The number of ether oxygens (including phenoxy) is 2. The molecule has 18 heavy (non-hydrogen) atoms. The minimum absolute atomic E-state index is 0.543. The molecule has 5 heteroatoms. The molecule has 0 aliphatic heterocycles. The summed E-state index contributed by atoms with van der Waals surface area (Å²) in [6.45, 7) is 4.28. The zero-order valence-corrected chi connectivity index (χ0v) is 12.3. The van der Waals surface area contributed by atoms with Crippen LogP contribution in [0.25, 0.3) is 0 Å². The summed E-state index contributed by atoms with van der Waals surface area (Å²) in [5.41, 5.74) is 0. The van der Waals surface area contributed by atoms with Gasteiger partial charge < -0.3 is 18.3 Å². The van der Waals surface area contributed by atoms with Crippen molar-refractivity contribution in [2.45, 2.75) is 6.55 Å². The Morgan fingerprint density at radius 2 is 1.33 bits per heavy atom. The van der Waals surface area contributed by atoms with Gasteiger partial charge in [-0.25, -0.2) is 0 Å². The molecule has 0 atom stereocenters. The zero-order valence-electron chi connectivity index (χ0n) is 11.3. The van der Waals surface area contributed by atoms with Gasteiger partial charge in [-0.2, -0.15) is 0 Å². The maximum atomic E-state index is 5.94. The van der Waals surface area contributed by atoms with Gasteiger partial charge in [0, 0.05) is 14.2 Å². The van der Waals surface area contributed by atoms with Gasteiger partial charge in [0.25, 0.3) is 0 Å². The van der Waals surface area contributed by atoms with Gasteiger partial charge >= 0.3 is 8.56 Å². The highest BCUT2D eigenvalue weighted by Crippen LogP contribution is 2.08.